The van der Waals surface area contributed by atoms with Crippen molar-refractivity contribution < 1.29 is 18.0 Å². The van der Waals surface area contributed by atoms with Gasteiger partial charge in [0.05, 0.1) is 12.2 Å². The van der Waals surface area contributed by atoms with Crippen molar-refractivity contribution in [2.75, 3.05) is 7.05 Å². The molecule has 0 saturated carbocycles. The maximum Gasteiger partial charge on any atom is 0.431 e. The van der Waals surface area contributed by atoms with Gasteiger partial charge in [-0.2, -0.15) is 18.3 Å². The lowest BCUT2D eigenvalue weighted by atomic mass is 10.3. The van der Waals surface area contributed by atoms with E-state index in [1.807, 2.05) is 13.0 Å². The van der Waals surface area contributed by atoms with Crippen LogP contribution in [0.15, 0.2) is 30.5 Å². The maximum absolute atomic E-state index is 13.3. The molecule has 0 aliphatic rings. The van der Waals surface area contributed by atoms with Crippen molar-refractivity contribution in [2.45, 2.75) is 32.6 Å². The average molecular weight is 365 g/mol. The molecule has 1 amide bonds. The molecule has 0 atom stereocenters. The number of carbonyl (C=O) groups is 1. The summed E-state index contributed by atoms with van der Waals surface area (Å²) in [5.74, 6) is -0.267. The molecule has 3 heterocycles. The highest BCUT2D eigenvalue weighted by molar-refractivity contribution is 5.79. The number of nitrogens with one attached hydrogen (secondary N) is 1. The molecule has 0 bridgehead atoms. The third-order valence-electron chi connectivity index (χ3n) is 4.08. The van der Waals surface area contributed by atoms with Crippen LogP contribution in [0.2, 0.25) is 0 Å². The van der Waals surface area contributed by atoms with Crippen LogP contribution in [-0.4, -0.2) is 37.6 Å². The van der Waals surface area contributed by atoms with E-state index >= 15 is 0 Å². The number of hydrogen-bond donors (Lipinski definition) is 1. The van der Waals surface area contributed by atoms with Crippen molar-refractivity contribution in [3.8, 4) is 0 Å². The molecule has 9 heteroatoms. The van der Waals surface area contributed by atoms with Gasteiger partial charge in [-0.1, -0.05) is 0 Å². The van der Waals surface area contributed by atoms with Gasteiger partial charge >= 0.3 is 6.18 Å². The van der Waals surface area contributed by atoms with Crippen LogP contribution in [0, 0.1) is 6.92 Å². The van der Waals surface area contributed by atoms with Crippen molar-refractivity contribution in [3.63, 3.8) is 0 Å². The normalized spacial score (nSPS) is 11.9. The summed E-state index contributed by atoms with van der Waals surface area (Å²) in [6.45, 7) is 2.04. The number of alkyl halides is 3. The molecule has 138 valence electrons. The number of carbonyl (C=O) groups excluding carboxylic acids is 1. The molecule has 0 aliphatic carbocycles. The second kappa shape index (κ2) is 6.81. The number of aryl methyl sites for hydroxylation is 2. The second-order valence-corrected chi connectivity index (χ2v) is 6.14. The van der Waals surface area contributed by atoms with Gasteiger partial charge in [-0.15, -0.1) is 0 Å². The topological polar surface area (TPSA) is 66.8 Å². The first-order valence-electron chi connectivity index (χ1n) is 8.02. The van der Waals surface area contributed by atoms with E-state index in [2.05, 4.69) is 15.2 Å². The number of pyridine rings is 1. The lowest BCUT2D eigenvalue weighted by molar-refractivity contribution is -0.144. The van der Waals surface area contributed by atoms with Crippen LogP contribution in [0.25, 0.3) is 11.0 Å². The Morgan fingerprint density at radius 1 is 1.35 bits per heavy atom. The van der Waals surface area contributed by atoms with Crippen LogP contribution in [0.3, 0.4) is 0 Å². The van der Waals surface area contributed by atoms with Crippen molar-refractivity contribution >= 4 is 16.9 Å². The van der Waals surface area contributed by atoms with Crippen molar-refractivity contribution in [1.82, 2.24) is 24.6 Å². The molecule has 0 aliphatic heterocycles. The summed E-state index contributed by atoms with van der Waals surface area (Å²) < 4.78 is 41.0. The summed E-state index contributed by atoms with van der Waals surface area (Å²) in [4.78, 5) is 17.8. The zero-order chi connectivity index (χ0) is 18.9. The van der Waals surface area contributed by atoms with E-state index in [1.54, 1.807) is 19.2 Å². The zero-order valence-electron chi connectivity index (χ0n) is 14.3. The molecule has 3 rings (SSSR count). The highest BCUT2D eigenvalue weighted by Gasteiger charge is 2.35. The smallest absolute Gasteiger partial charge is 0.340 e. The van der Waals surface area contributed by atoms with Gasteiger partial charge in [0.1, 0.15) is 11.3 Å². The summed E-state index contributed by atoms with van der Waals surface area (Å²) in [5.41, 5.74) is 0.991. The van der Waals surface area contributed by atoms with Gasteiger partial charge in [0, 0.05) is 37.3 Å². The summed E-state index contributed by atoms with van der Waals surface area (Å²) in [6.07, 6.45) is -3.14. The summed E-state index contributed by atoms with van der Waals surface area (Å²) in [6, 6.07) is 6.03. The van der Waals surface area contributed by atoms with Crippen LogP contribution >= 0.6 is 0 Å². The first-order valence-corrected chi connectivity index (χ1v) is 8.02. The minimum atomic E-state index is -4.51. The van der Waals surface area contributed by atoms with E-state index in [1.165, 1.54) is 11.1 Å². The van der Waals surface area contributed by atoms with E-state index in [4.69, 9.17) is 0 Å². The molecule has 0 radical (unpaired) electrons. The van der Waals surface area contributed by atoms with Gasteiger partial charge in [0.2, 0.25) is 5.91 Å². The minimum Gasteiger partial charge on any atom is -0.340 e. The molecule has 3 aromatic heterocycles. The zero-order valence-corrected chi connectivity index (χ0v) is 14.3. The number of aromatic amines is 1. The van der Waals surface area contributed by atoms with E-state index in [9.17, 15) is 18.0 Å². The summed E-state index contributed by atoms with van der Waals surface area (Å²) >= 11 is 0. The Kier molecular flexibility index (Phi) is 4.71. The van der Waals surface area contributed by atoms with Gasteiger partial charge in [-0.05, 0) is 31.2 Å². The van der Waals surface area contributed by atoms with Gasteiger partial charge in [0.15, 0.2) is 0 Å². The Morgan fingerprint density at radius 2 is 2.12 bits per heavy atom. The van der Waals surface area contributed by atoms with Gasteiger partial charge in [-0.3, -0.25) is 9.89 Å². The molecule has 6 nitrogen and oxygen atoms in total. The Balaban J connectivity index is 1.75. The van der Waals surface area contributed by atoms with Gasteiger partial charge in [-0.25, -0.2) is 4.98 Å². The lowest BCUT2D eigenvalue weighted by Crippen LogP contribution is -2.27. The quantitative estimate of drug-likeness (QED) is 0.755. The highest BCUT2D eigenvalue weighted by atomic mass is 19.4. The third-order valence-corrected chi connectivity index (χ3v) is 4.08. The highest BCUT2D eigenvalue weighted by Crippen LogP contribution is 2.33. The molecular weight excluding hydrogens is 347 g/mol. The molecule has 0 unspecified atom stereocenters. The van der Waals surface area contributed by atoms with E-state index in [0.29, 0.717) is 17.6 Å². The van der Waals surface area contributed by atoms with Crippen molar-refractivity contribution in [2.24, 2.45) is 0 Å². The monoisotopic (exact) mass is 365 g/mol. The largest absolute Gasteiger partial charge is 0.431 e. The molecule has 1 N–H and O–H groups in total. The van der Waals surface area contributed by atoms with Crippen molar-refractivity contribution in [1.29, 1.82) is 0 Å². The fraction of sp³-hybridized carbons (Fsp3) is 0.353. The van der Waals surface area contributed by atoms with Crippen molar-refractivity contribution in [3.05, 3.63) is 47.5 Å². The Bertz CT molecular complexity index is 928. The SMILES string of the molecule is Cc1cc(CN(C)C(=O)CCn2c(C(F)(F)F)cc3cccnc32)n[nH]1. The number of nitrogens with zero attached hydrogens (tertiary/aromatic N) is 4. The molecule has 26 heavy (non-hydrogen) atoms. The number of hydrogen-bond acceptors (Lipinski definition) is 3. The number of halogens is 3. The number of amides is 1. The van der Waals surface area contributed by atoms with E-state index in [-0.39, 0.29) is 24.5 Å². The second-order valence-electron chi connectivity index (χ2n) is 6.14. The summed E-state index contributed by atoms with van der Waals surface area (Å²) in [7, 11) is 1.60. The lowest BCUT2D eigenvalue weighted by Gasteiger charge is -2.17. The van der Waals surface area contributed by atoms with Crippen LogP contribution in [0.1, 0.15) is 23.5 Å². The van der Waals surface area contributed by atoms with E-state index < -0.39 is 11.9 Å². The van der Waals surface area contributed by atoms with Crippen LogP contribution < -0.4 is 0 Å². The summed E-state index contributed by atoms with van der Waals surface area (Å²) in [5, 5.41) is 7.23. The van der Waals surface area contributed by atoms with E-state index in [0.717, 1.165) is 16.3 Å². The molecular formula is C17H18F3N5O. The molecule has 0 spiro atoms. The standard InChI is InChI=1S/C17H18F3N5O/c1-11-8-13(23-22-11)10-24(2)15(26)5-7-25-14(17(18,19)20)9-12-4-3-6-21-16(12)25/h3-4,6,8-9H,5,7,10H2,1-2H3,(H,22,23). The minimum absolute atomic E-state index is 0.0661. The number of rotatable bonds is 5. The molecule has 0 fully saturated rings. The maximum atomic E-state index is 13.3. The van der Waals surface area contributed by atoms with Crippen LogP contribution in [-0.2, 0) is 24.1 Å². The first-order chi connectivity index (χ1) is 12.3. The Morgan fingerprint density at radius 3 is 2.77 bits per heavy atom. The number of fused-ring (bicyclic) bond motifs is 1. The molecule has 0 aromatic carbocycles. The number of H-pyrrole nitrogens is 1. The predicted octanol–water partition coefficient (Wildman–Crippen LogP) is 3.14. The fourth-order valence-corrected chi connectivity index (χ4v) is 2.83. The fourth-order valence-electron chi connectivity index (χ4n) is 2.83. The third kappa shape index (κ3) is 3.71. The van der Waals surface area contributed by atoms with Gasteiger partial charge in [0.25, 0.3) is 0 Å². The average Bonchev–Trinajstić information content (AvgIpc) is 3.15. The molecule has 3 aromatic rings. The Labute approximate surface area is 147 Å². The first kappa shape index (κ1) is 18.0. The predicted molar refractivity (Wildman–Crippen MR) is 89.2 cm³/mol. The van der Waals surface area contributed by atoms with Crippen LogP contribution in [0.4, 0.5) is 13.2 Å². The van der Waals surface area contributed by atoms with Crippen LogP contribution in [0.5, 0.6) is 0 Å². The Hall–Kier alpha value is -2.84. The number of aromatic nitrogens is 4. The molecule has 0 saturated heterocycles. The van der Waals surface area contributed by atoms with Gasteiger partial charge < -0.3 is 9.47 Å².